The Morgan fingerprint density at radius 3 is 1.95 bits per heavy atom. The van der Waals surface area contributed by atoms with Crippen molar-refractivity contribution in [3.05, 3.63) is 64.1 Å². The maximum Gasteiger partial charge on any atom is 0.201 e. The Balaban J connectivity index is 0.000000286. The van der Waals surface area contributed by atoms with Gasteiger partial charge in [-0.25, -0.2) is 12.1 Å². The summed E-state index contributed by atoms with van der Waals surface area (Å²) in [6.45, 7) is 1.56. The second-order valence-corrected chi connectivity index (χ2v) is 5.34. The molecule has 0 saturated carbocycles. The molecule has 0 radical (unpaired) electrons. The number of anilines is 1. The van der Waals surface area contributed by atoms with Gasteiger partial charge < -0.3 is 40.9 Å². The molecule has 1 heterocycles. The first-order valence-corrected chi connectivity index (χ1v) is 7.02. The molecular formula is C14H15FeN3OS2-6. The number of nitrogens with one attached hydrogen (secondary N) is 1. The molecule has 4 nitrogen and oxygen atoms in total. The van der Waals surface area contributed by atoms with E-state index in [9.17, 15) is 4.79 Å². The largest absolute Gasteiger partial charge is 0.748 e. The van der Waals surface area contributed by atoms with Crippen molar-refractivity contribution >= 4 is 34.5 Å². The molecule has 1 aromatic heterocycles. The van der Waals surface area contributed by atoms with Crippen molar-refractivity contribution in [1.29, 1.82) is 0 Å². The number of rotatable bonds is 1. The van der Waals surface area contributed by atoms with Gasteiger partial charge in [-0.1, -0.05) is 16.9 Å². The maximum absolute atomic E-state index is 10.5. The Kier molecular flexibility index (Phi) is 10.4. The van der Waals surface area contributed by atoms with Gasteiger partial charge in [0, 0.05) is 17.1 Å². The van der Waals surface area contributed by atoms with Gasteiger partial charge in [-0.3, -0.25) is 5.10 Å². The molecule has 0 unspecified atom stereocenters. The fraction of sp³-hybridized carbons (Fsp3) is 0.0714. The maximum atomic E-state index is 10.5. The number of hydrogen-bond acceptors (Lipinski definition) is 5. The summed E-state index contributed by atoms with van der Waals surface area (Å²) in [6.07, 6.45) is 0. The molecule has 0 amide bonds. The number of aromatic nitrogens is 2. The van der Waals surface area contributed by atoms with Crippen molar-refractivity contribution in [2.45, 2.75) is 6.92 Å². The first-order chi connectivity index (χ1) is 9.59. The van der Waals surface area contributed by atoms with Gasteiger partial charge in [-0.05, 0) is 19.1 Å². The van der Waals surface area contributed by atoms with Crippen molar-refractivity contribution < 1.29 is 21.9 Å². The van der Waals surface area contributed by atoms with E-state index in [-0.39, 0.29) is 22.9 Å². The average Bonchev–Trinajstić information content (AvgIpc) is 3.13. The second-order valence-electron chi connectivity index (χ2n) is 3.64. The molecule has 3 rings (SSSR count). The van der Waals surface area contributed by atoms with Crippen LogP contribution in [0.15, 0.2) is 54.6 Å². The van der Waals surface area contributed by atoms with Crippen molar-refractivity contribution in [3.8, 4) is 0 Å². The van der Waals surface area contributed by atoms with Gasteiger partial charge in [-0.15, -0.1) is 5.10 Å². The van der Waals surface area contributed by atoms with Crippen LogP contribution in [0.4, 0.5) is 5.13 Å². The molecule has 2 aromatic carbocycles. The van der Waals surface area contributed by atoms with Crippen LogP contribution in [0.2, 0.25) is 0 Å². The topological polar surface area (TPSA) is 71.8 Å². The summed E-state index contributed by atoms with van der Waals surface area (Å²) in [5, 5.41) is 6.60. The van der Waals surface area contributed by atoms with Gasteiger partial charge in [0.15, 0.2) is 3.95 Å². The number of Topliss-reactive ketones (excluding diaryl/α,β-unsaturated/α-hetero) is 1. The minimum Gasteiger partial charge on any atom is -0.748 e. The zero-order valence-electron chi connectivity index (χ0n) is 11.3. The van der Waals surface area contributed by atoms with Gasteiger partial charge >= 0.3 is 0 Å². The predicted molar refractivity (Wildman–Crippen MR) is 85.8 cm³/mol. The van der Waals surface area contributed by atoms with E-state index in [1.54, 1.807) is 6.92 Å². The minimum atomic E-state index is 0. The van der Waals surface area contributed by atoms with Crippen LogP contribution in [0.5, 0.6) is 0 Å². The number of nitrogen functional groups attached to an aromatic ring is 1. The number of H-pyrrole nitrogens is 1. The van der Waals surface area contributed by atoms with Gasteiger partial charge in [0.1, 0.15) is 5.78 Å². The molecule has 0 aliphatic carbocycles. The first-order valence-electron chi connectivity index (χ1n) is 5.80. The molecule has 118 valence electrons. The third-order valence-corrected chi connectivity index (χ3v) is 3.00. The van der Waals surface area contributed by atoms with Crippen molar-refractivity contribution in [2.75, 3.05) is 5.73 Å². The molecule has 0 aliphatic rings. The summed E-state index contributed by atoms with van der Waals surface area (Å²) in [5.41, 5.74) is 5.98. The van der Waals surface area contributed by atoms with Crippen molar-refractivity contribution in [2.24, 2.45) is 0 Å². The Hall–Kier alpha value is -1.53. The SMILES string of the molecule is CC(=O)[c-]1cccc1.Nc1n[nH]c(=S)s1.[Fe].[cH-]1[cH-][cH-][cH-][cH-]1. The number of aromatic amines is 1. The number of nitrogens with zero attached hydrogens (tertiary/aromatic N) is 1. The molecule has 0 atom stereocenters. The Labute approximate surface area is 143 Å². The Morgan fingerprint density at radius 1 is 1.29 bits per heavy atom. The van der Waals surface area contributed by atoms with E-state index >= 15 is 0 Å². The summed E-state index contributed by atoms with van der Waals surface area (Å²) >= 11 is 5.92. The van der Waals surface area contributed by atoms with E-state index in [4.69, 9.17) is 5.73 Å². The van der Waals surface area contributed by atoms with Crippen LogP contribution < -0.4 is 5.73 Å². The van der Waals surface area contributed by atoms with Crippen molar-refractivity contribution in [3.63, 3.8) is 0 Å². The van der Waals surface area contributed by atoms with Gasteiger partial charge in [0.05, 0.1) is 0 Å². The third-order valence-electron chi connectivity index (χ3n) is 2.08. The van der Waals surface area contributed by atoms with Crippen molar-refractivity contribution in [1.82, 2.24) is 10.2 Å². The molecule has 7 heteroatoms. The average molecular weight is 361 g/mol. The van der Waals surface area contributed by atoms with E-state index < -0.39 is 0 Å². The van der Waals surface area contributed by atoms with Gasteiger partial charge in [0.25, 0.3) is 0 Å². The Bertz CT molecular complexity index is 625. The van der Waals surface area contributed by atoms with Crippen LogP contribution >= 0.6 is 23.6 Å². The smallest absolute Gasteiger partial charge is 0.201 e. The molecule has 0 spiro atoms. The summed E-state index contributed by atoms with van der Waals surface area (Å²) in [7, 11) is 0. The molecule has 0 saturated heterocycles. The normalized spacial score (nSPS) is 8.43. The number of carbonyl (C=O) groups excluding carboxylic acids is 1. The van der Waals surface area contributed by atoms with Crippen LogP contribution in [0.25, 0.3) is 0 Å². The molecule has 0 aliphatic heterocycles. The molecule has 0 fully saturated rings. The molecule has 21 heavy (non-hydrogen) atoms. The molecule has 3 aromatic rings. The van der Waals surface area contributed by atoms with E-state index in [2.05, 4.69) is 22.4 Å². The zero-order valence-corrected chi connectivity index (χ0v) is 14.0. The van der Waals surface area contributed by atoms with E-state index in [1.807, 2.05) is 54.6 Å². The third kappa shape index (κ3) is 9.10. The van der Waals surface area contributed by atoms with Crippen LogP contribution in [0, 0.1) is 3.95 Å². The van der Waals surface area contributed by atoms with E-state index in [0.29, 0.717) is 9.09 Å². The predicted octanol–water partition coefficient (Wildman–Crippen LogP) is 3.79. The fourth-order valence-corrected chi connectivity index (χ4v) is 1.85. The monoisotopic (exact) mass is 361 g/mol. The summed E-state index contributed by atoms with van der Waals surface area (Å²) < 4.78 is 0.623. The second kappa shape index (κ2) is 11.2. The number of nitrogens with two attached hydrogens (primary N) is 1. The van der Waals surface area contributed by atoms with Crippen LogP contribution in [0.1, 0.15) is 17.3 Å². The molecular weight excluding hydrogens is 346 g/mol. The molecule has 3 N–H and O–H groups in total. The van der Waals surface area contributed by atoms with Crippen LogP contribution in [0.3, 0.4) is 0 Å². The van der Waals surface area contributed by atoms with E-state index in [1.165, 1.54) is 11.3 Å². The number of hydrogen-bond donors (Lipinski definition) is 2. The zero-order chi connectivity index (χ0) is 14.8. The number of ketones is 1. The molecule has 0 bridgehead atoms. The van der Waals surface area contributed by atoms with Gasteiger partial charge in [-0.2, -0.15) is 12.1 Å². The van der Waals surface area contributed by atoms with Crippen LogP contribution in [-0.2, 0) is 17.1 Å². The minimum absolute atomic E-state index is 0. The standard InChI is InChI=1S/C7H7O.C5H5.C2H3N3S2.Fe/c1-6(8)7-4-2-3-5-7;1-2-4-5-3-1;3-1-4-5-2(6)7-1;/h2-5H,1H3;1-5H;(H2,3,4)(H,5,6);/q-1;-5;;. The summed E-state index contributed by atoms with van der Waals surface area (Å²) in [5.74, 6) is 0.134. The quantitative estimate of drug-likeness (QED) is 0.299. The number of carbonyl (C=O) groups is 1. The van der Waals surface area contributed by atoms with E-state index in [0.717, 1.165) is 5.56 Å². The Morgan fingerprint density at radius 2 is 1.76 bits per heavy atom. The van der Waals surface area contributed by atoms with Crippen LogP contribution in [-0.4, -0.2) is 16.0 Å². The first kappa shape index (κ1) is 19.5. The van der Waals surface area contributed by atoms with Gasteiger partial charge in [0.2, 0.25) is 5.13 Å². The fourth-order valence-electron chi connectivity index (χ4n) is 1.17. The summed E-state index contributed by atoms with van der Waals surface area (Å²) in [4.78, 5) is 10.5. The summed E-state index contributed by atoms with van der Waals surface area (Å²) in [6, 6.07) is 17.3.